The van der Waals surface area contributed by atoms with Crippen LogP contribution in [0.25, 0.3) is 0 Å². The zero-order valence-electron chi connectivity index (χ0n) is 12.4. The molecule has 1 N–H and O–H groups in total. The third-order valence-electron chi connectivity index (χ3n) is 3.20. The van der Waals surface area contributed by atoms with E-state index in [2.05, 4.69) is 11.9 Å². The topological polar surface area (TPSA) is 38.3 Å². The van der Waals surface area contributed by atoms with Gasteiger partial charge in [-0.2, -0.15) is 0 Å². The Morgan fingerprint density at radius 1 is 1.27 bits per heavy atom. The van der Waals surface area contributed by atoms with Crippen LogP contribution in [0.1, 0.15) is 28.9 Å². The molecule has 0 radical (unpaired) electrons. The van der Waals surface area contributed by atoms with Gasteiger partial charge in [-0.05, 0) is 37.3 Å². The number of carbonyl (C=O) groups excluding carboxylic acids is 1. The highest BCUT2D eigenvalue weighted by Crippen LogP contribution is 2.17. The molecular formula is C18H18FNO2. The quantitative estimate of drug-likeness (QED) is 0.822. The molecule has 2 aromatic rings. The van der Waals surface area contributed by atoms with Crippen LogP contribution >= 0.6 is 0 Å². The summed E-state index contributed by atoms with van der Waals surface area (Å²) in [6.07, 6.45) is 1.65. The fourth-order valence-electron chi connectivity index (χ4n) is 2.04. The number of hydrogen-bond acceptors (Lipinski definition) is 2. The summed E-state index contributed by atoms with van der Waals surface area (Å²) >= 11 is 0. The van der Waals surface area contributed by atoms with E-state index in [0.29, 0.717) is 23.5 Å². The summed E-state index contributed by atoms with van der Waals surface area (Å²) in [7, 11) is 0. The maximum Gasteiger partial charge on any atom is 0.251 e. The van der Waals surface area contributed by atoms with Gasteiger partial charge in [0.15, 0.2) is 0 Å². The molecule has 0 saturated carbocycles. The largest absolute Gasteiger partial charge is 0.490 e. The standard InChI is InChI=1S/C18H18FNO2/c1-3-12-22-15-10-8-14(9-11-15)18(21)20-13(2)16-6-4-5-7-17(16)19/h3-11,13H,1,12H2,2H3,(H,20,21)/t13-/m1/s1. The van der Waals surface area contributed by atoms with Crippen molar-refractivity contribution in [3.63, 3.8) is 0 Å². The van der Waals surface area contributed by atoms with E-state index in [4.69, 9.17) is 4.74 Å². The van der Waals surface area contributed by atoms with Crippen molar-refractivity contribution in [2.45, 2.75) is 13.0 Å². The minimum absolute atomic E-state index is 0.258. The van der Waals surface area contributed by atoms with E-state index < -0.39 is 6.04 Å². The Hall–Kier alpha value is -2.62. The van der Waals surface area contributed by atoms with E-state index >= 15 is 0 Å². The summed E-state index contributed by atoms with van der Waals surface area (Å²) in [5, 5.41) is 2.78. The Bertz CT molecular complexity index is 652. The normalized spacial score (nSPS) is 11.5. The summed E-state index contributed by atoms with van der Waals surface area (Å²) in [4.78, 5) is 12.2. The number of hydrogen-bond donors (Lipinski definition) is 1. The van der Waals surface area contributed by atoms with Crippen LogP contribution in [-0.2, 0) is 0 Å². The second-order valence-electron chi connectivity index (χ2n) is 4.84. The molecule has 1 atom stereocenters. The highest BCUT2D eigenvalue weighted by atomic mass is 19.1. The number of carbonyl (C=O) groups is 1. The fraction of sp³-hybridized carbons (Fsp3) is 0.167. The third kappa shape index (κ3) is 3.95. The van der Waals surface area contributed by atoms with Gasteiger partial charge in [0.05, 0.1) is 6.04 Å². The van der Waals surface area contributed by atoms with Crippen molar-refractivity contribution in [3.8, 4) is 5.75 Å². The van der Waals surface area contributed by atoms with Crippen LogP contribution in [0.3, 0.4) is 0 Å². The number of amides is 1. The van der Waals surface area contributed by atoms with Crippen LogP contribution < -0.4 is 10.1 Å². The van der Waals surface area contributed by atoms with Crippen LogP contribution in [0.4, 0.5) is 4.39 Å². The van der Waals surface area contributed by atoms with Crippen molar-refractivity contribution in [1.29, 1.82) is 0 Å². The van der Waals surface area contributed by atoms with E-state index in [-0.39, 0.29) is 11.7 Å². The molecule has 0 aromatic heterocycles. The number of ether oxygens (including phenoxy) is 1. The number of nitrogens with one attached hydrogen (secondary N) is 1. The van der Waals surface area contributed by atoms with Gasteiger partial charge in [-0.1, -0.05) is 30.9 Å². The van der Waals surface area contributed by atoms with Gasteiger partial charge in [-0.3, -0.25) is 4.79 Å². The van der Waals surface area contributed by atoms with E-state index in [1.54, 1.807) is 55.5 Å². The summed E-state index contributed by atoms with van der Waals surface area (Å²) in [5.74, 6) is 0.0769. The van der Waals surface area contributed by atoms with E-state index in [9.17, 15) is 9.18 Å². The van der Waals surface area contributed by atoms with Gasteiger partial charge in [0, 0.05) is 11.1 Å². The average molecular weight is 299 g/mol. The lowest BCUT2D eigenvalue weighted by Gasteiger charge is -2.15. The van der Waals surface area contributed by atoms with Crippen molar-refractivity contribution in [3.05, 3.63) is 78.1 Å². The van der Waals surface area contributed by atoms with Crippen LogP contribution in [0, 0.1) is 5.82 Å². The van der Waals surface area contributed by atoms with Gasteiger partial charge in [-0.25, -0.2) is 4.39 Å². The molecule has 0 heterocycles. The second kappa shape index (κ2) is 7.41. The molecular weight excluding hydrogens is 281 g/mol. The van der Waals surface area contributed by atoms with Gasteiger partial charge < -0.3 is 10.1 Å². The molecule has 22 heavy (non-hydrogen) atoms. The Morgan fingerprint density at radius 2 is 1.95 bits per heavy atom. The Labute approximate surface area is 129 Å². The molecule has 2 aromatic carbocycles. The first-order valence-electron chi connectivity index (χ1n) is 7.01. The van der Waals surface area contributed by atoms with Gasteiger partial charge >= 0.3 is 0 Å². The van der Waals surface area contributed by atoms with Crippen molar-refractivity contribution in [2.24, 2.45) is 0 Å². The van der Waals surface area contributed by atoms with Crippen LogP contribution in [-0.4, -0.2) is 12.5 Å². The molecule has 3 nitrogen and oxygen atoms in total. The molecule has 0 saturated heterocycles. The molecule has 114 valence electrons. The lowest BCUT2D eigenvalue weighted by Crippen LogP contribution is -2.27. The predicted octanol–water partition coefficient (Wildman–Crippen LogP) is 3.88. The highest BCUT2D eigenvalue weighted by Gasteiger charge is 2.14. The van der Waals surface area contributed by atoms with E-state index in [0.717, 1.165) is 0 Å². The van der Waals surface area contributed by atoms with Crippen molar-refractivity contribution < 1.29 is 13.9 Å². The monoisotopic (exact) mass is 299 g/mol. The van der Waals surface area contributed by atoms with E-state index in [1.165, 1.54) is 6.07 Å². The number of benzene rings is 2. The SMILES string of the molecule is C=CCOc1ccc(C(=O)N[C@H](C)c2ccccc2F)cc1. The average Bonchev–Trinajstić information content (AvgIpc) is 2.53. The first-order chi connectivity index (χ1) is 10.6. The van der Waals surface area contributed by atoms with Crippen molar-refractivity contribution in [2.75, 3.05) is 6.61 Å². The van der Waals surface area contributed by atoms with Crippen LogP contribution in [0.2, 0.25) is 0 Å². The van der Waals surface area contributed by atoms with Crippen LogP contribution in [0.15, 0.2) is 61.2 Å². The molecule has 4 heteroatoms. The summed E-state index contributed by atoms with van der Waals surface area (Å²) < 4.78 is 19.0. The van der Waals surface area contributed by atoms with Gasteiger partial charge in [0.25, 0.3) is 5.91 Å². The first kappa shape index (κ1) is 15.8. The predicted molar refractivity (Wildman–Crippen MR) is 84.4 cm³/mol. The first-order valence-corrected chi connectivity index (χ1v) is 7.01. The minimum atomic E-state index is -0.412. The molecule has 0 unspecified atom stereocenters. The minimum Gasteiger partial charge on any atom is -0.490 e. The zero-order valence-corrected chi connectivity index (χ0v) is 12.4. The second-order valence-corrected chi connectivity index (χ2v) is 4.84. The zero-order chi connectivity index (χ0) is 15.9. The lowest BCUT2D eigenvalue weighted by molar-refractivity contribution is 0.0939. The summed E-state index contributed by atoms with van der Waals surface area (Å²) in [6, 6.07) is 12.8. The number of halogens is 1. The Balaban J connectivity index is 2.02. The summed E-state index contributed by atoms with van der Waals surface area (Å²) in [6.45, 7) is 5.73. The molecule has 0 bridgehead atoms. The Morgan fingerprint density at radius 3 is 2.59 bits per heavy atom. The van der Waals surface area contributed by atoms with Crippen molar-refractivity contribution >= 4 is 5.91 Å². The highest BCUT2D eigenvalue weighted by molar-refractivity contribution is 5.94. The van der Waals surface area contributed by atoms with Gasteiger partial charge in [0.2, 0.25) is 0 Å². The number of rotatable bonds is 6. The maximum atomic E-state index is 13.7. The smallest absolute Gasteiger partial charge is 0.251 e. The van der Waals surface area contributed by atoms with Crippen molar-refractivity contribution in [1.82, 2.24) is 5.32 Å². The molecule has 0 aliphatic carbocycles. The molecule has 0 spiro atoms. The lowest BCUT2D eigenvalue weighted by atomic mass is 10.1. The molecule has 1 amide bonds. The molecule has 0 aliphatic rings. The van der Waals surface area contributed by atoms with Gasteiger partial charge in [0.1, 0.15) is 18.2 Å². The Kier molecular flexibility index (Phi) is 5.31. The van der Waals surface area contributed by atoms with Crippen LogP contribution in [0.5, 0.6) is 5.75 Å². The van der Waals surface area contributed by atoms with Gasteiger partial charge in [-0.15, -0.1) is 0 Å². The van der Waals surface area contributed by atoms with E-state index in [1.807, 2.05) is 0 Å². The summed E-state index contributed by atoms with van der Waals surface area (Å²) in [5.41, 5.74) is 0.955. The fourth-order valence-corrected chi connectivity index (χ4v) is 2.04. The molecule has 2 rings (SSSR count). The molecule has 0 aliphatic heterocycles. The maximum absolute atomic E-state index is 13.7. The molecule has 0 fully saturated rings. The third-order valence-corrected chi connectivity index (χ3v) is 3.20.